The highest BCUT2D eigenvalue weighted by Gasteiger charge is 2.25. The highest BCUT2D eigenvalue weighted by Crippen LogP contribution is 2.30. The fraction of sp³-hybridized carbons (Fsp3) is 0.353. The van der Waals surface area contributed by atoms with Gasteiger partial charge in [-0.1, -0.05) is 6.07 Å². The number of hydrogen-bond donors (Lipinski definition) is 2. The summed E-state index contributed by atoms with van der Waals surface area (Å²) in [4.78, 5) is 31.7. The van der Waals surface area contributed by atoms with E-state index in [0.29, 0.717) is 13.0 Å². The minimum atomic E-state index is -0.383. The molecule has 3 heterocycles. The molecule has 0 atom stereocenters. The first-order valence-electron chi connectivity index (χ1n) is 8.17. The van der Waals surface area contributed by atoms with Crippen LogP contribution in [-0.4, -0.2) is 49.6 Å². The van der Waals surface area contributed by atoms with Gasteiger partial charge in [-0.05, 0) is 12.1 Å². The van der Waals surface area contributed by atoms with Crippen molar-refractivity contribution >= 4 is 34.1 Å². The highest BCUT2D eigenvalue weighted by atomic mass is 16.2. The van der Waals surface area contributed by atoms with Gasteiger partial charge in [0.2, 0.25) is 5.91 Å². The van der Waals surface area contributed by atoms with Crippen molar-refractivity contribution in [1.82, 2.24) is 15.6 Å². The van der Waals surface area contributed by atoms with Gasteiger partial charge in [-0.3, -0.25) is 20.0 Å². The van der Waals surface area contributed by atoms with E-state index >= 15 is 0 Å². The van der Waals surface area contributed by atoms with Crippen LogP contribution < -0.4 is 20.4 Å². The van der Waals surface area contributed by atoms with E-state index in [1.165, 1.54) is 5.69 Å². The number of fused-ring (bicyclic) bond motifs is 1. The highest BCUT2D eigenvalue weighted by molar-refractivity contribution is 6.09. The molecule has 2 aromatic rings. The molecule has 0 saturated carbocycles. The van der Waals surface area contributed by atoms with E-state index < -0.39 is 0 Å². The first-order valence-corrected chi connectivity index (χ1v) is 8.17. The number of anilines is 2. The average molecular weight is 325 g/mol. The third-order valence-electron chi connectivity index (χ3n) is 4.55. The maximum atomic E-state index is 12.1. The number of carbonyl (C=O) groups excluding carboxylic acids is 2. The zero-order valence-electron chi connectivity index (χ0n) is 13.3. The van der Waals surface area contributed by atoms with E-state index in [1.807, 2.05) is 12.3 Å². The second-order valence-electron chi connectivity index (χ2n) is 6.06. The van der Waals surface area contributed by atoms with Gasteiger partial charge < -0.3 is 10.2 Å². The molecule has 2 fully saturated rings. The average Bonchev–Trinajstić information content (AvgIpc) is 2.62. The Morgan fingerprint density at radius 2 is 1.88 bits per heavy atom. The zero-order chi connectivity index (χ0) is 16.5. The number of imide groups is 1. The Morgan fingerprint density at radius 1 is 1.04 bits per heavy atom. The SMILES string of the molecule is O=C1CCN(c2cncc3cc(N4CCNCC4)ccc23)C(=O)N1. The lowest BCUT2D eigenvalue weighted by molar-refractivity contribution is -0.120. The van der Waals surface area contributed by atoms with Crippen molar-refractivity contribution in [3.8, 4) is 0 Å². The Morgan fingerprint density at radius 3 is 2.67 bits per heavy atom. The number of amides is 3. The molecule has 124 valence electrons. The molecule has 0 bridgehead atoms. The predicted molar refractivity (Wildman–Crippen MR) is 92.3 cm³/mol. The molecule has 2 aliphatic rings. The van der Waals surface area contributed by atoms with Gasteiger partial charge in [0, 0.05) is 61.8 Å². The van der Waals surface area contributed by atoms with E-state index in [9.17, 15) is 9.59 Å². The largest absolute Gasteiger partial charge is 0.369 e. The quantitative estimate of drug-likeness (QED) is 0.864. The number of pyridine rings is 1. The van der Waals surface area contributed by atoms with E-state index in [-0.39, 0.29) is 11.9 Å². The first kappa shape index (κ1) is 14.9. The molecule has 0 aliphatic carbocycles. The summed E-state index contributed by atoms with van der Waals surface area (Å²) in [6.45, 7) is 4.31. The van der Waals surface area contributed by atoms with E-state index in [1.54, 1.807) is 11.1 Å². The fourth-order valence-corrected chi connectivity index (χ4v) is 3.28. The molecule has 1 aromatic heterocycles. The van der Waals surface area contributed by atoms with Gasteiger partial charge in [-0.2, -0.15) is 0 Å². The van der Waals surface area contributed by atoms with Crippen LogP contribution in [0.1, 0.15) is 6.42 Å². The summed E-state index contributed by atoms with van der Waals surface area (Å²) < 4.78 is 0. The molecule has 0 unspecified atom stereocenters. The van der Waals surface area contributed by atoms with Crippen LogP contribution in [0, 0.1) is 0 Å². The van der Waals surface area contributed by atoms with Crippen LogP contribution in [0.5, 0.6) is 0 Å². The van der Waals surface area contributed by atoms with Gasteiger partial charge in [0.15, 0.2) is 0 Å². The van der Waals surface area contributed by atoms with Crippen molar-refractivity contribution in [2.24, 2.45) is 0 Å². The van der Waals surface area contributed by atoms with Crippen LogP contribution in [0.25, 0.3) is 10.8 Å². The zero-order valence-corrected chi connectivity index (χ0v) is 13.3. The number of piperazine rings is 1. The van der Waals surface area contributed by atoms with Crippen molar-refractivity contribution in [2.45, 2.75) is 6.42 Å². The lowest BCUT2D eigenvalue weighted by atomic mass is 10.1. The van der Waals surface area contributed by atoms with E-state index in [0.717, 1.165) is 42.6 Å². The van der Waals surface area contributed by atoms with Crippen LogP contribution in [0.15, 0.2) is 30.6 Å². The summed E-state index contributed by atoms with van der Waals surface area (Å²) in [6.07, 6.45) is 3.81. The Hall–Kier alpha value is -2.67. The number of aromatic nitrogens is 1. The van der Waals surface area contributed by atoms with Gasteiger partial charge in [0.25, 0.3) is 0 Å². The fourth-order valence-electron chi connectivity index (χ4n) is 3.28. The van der Waals surface area contributed by atoms with Crippen LogP contribution in [0.4, 0.5) is 16.2 Å². The van der Waals surface area contributed by atoms with Gasteiger partial charge in [-0.15, -0.1) is 0 Å². The lowest BCUT2D eigenvalue weighted by Crippen LogP contribution is -2.49. The number of hydrogen-bond acceptors (Lipinski definition) is 5. The van der Waals surface area contributed by atoms with E-state index in [2.05, 4.69) is 32.7 Å². The summed E-state index contributed by atoms with van der Waals surface area (Å²) in [7, 11) is 0. The molecule has 7 heteroatoms. The Balaban J connectivity index is 1.70. The molecule has 2 saturated heterocycles. The number of rotatable bonds is 2. The van der Waals surface area contributed by atoms with Crippen LogP contribution >= 0.6 is 0 Å². The second-order valence-corrected chi connectivity index (χ2v) is 6.06. The molecular weight excluding hydrogens is 306 g/mol. The Bertz CT molecular complexity index is 801. The predicted octanol–water partition coefficient (Wildman–Crippen LogP) is 1.09. The smallest absolute Gasteiger partial charge is 0.328 e. The maximum absolute atomic E-state index is 12.1. The molecule has 0 spiro atoms. The van der Waals surface area contributed by atoms with Crippen LogP contribution in [0.3, 0.4) is 0 Å². The maximum Gasteiger partial charge on any atom is 0.328 e. The third kappa shape index (κ3) is 2.67. The molecule has 2 N–H and O–H groups in total. The number of benzene rings is 1. The Labute approximate surface area is 139 Å². The lowest BCUT2D eigenvalue weighted by Gasteiger charge is -2.30. The molecular formula is C17H19N5O2. The molecule has 2 aliphatic heterocycles. The molecule has 24 heavy (non-hydrogen) atoms. The van der Waals surface area contributed by atoms with Crippen molar-refractivity contribution in [2.75, 3.05) is 42.5 Å². The first-order chi connectivity index (χ1) is 11.7. The third-order valence-corrected chi connectivity index (χ3v) is 4.55. The molecule has 7 nitrogen and oxygen atoms in total. The summed E-state index contributed by atoms with van der Waals surface area (Å²) in [6, 6.07) is 5.86. The number of nitrogens with zero attached hydrogens (tertiary/aromatic N) is 3. The normalized spacial score (nSPS) is 18.8. The van der Waals surface area contributed by atoms with E-state index in [4.69, 9.17) is 0 Å². The molecule has 3 amide bonds. The molecule has 1 aromatic carbocycles. The minimum Gasteiger partial charge on any atom is -0.369 e. The van der Waals surface area contributed by atoms with Crippen LogP contribution in [0.2, 0.25) is 0 Å². The van der Waals surface area contributed by atoms with Crippen LogP contribution in [-0.2, 0) is 4.79 Å². The van der Waals surface area contributed by atoms with Gasteiger partial charge >= 0.3 is 6.03 Å². The Kier molecular flexibility index (Phi) is 3.78. The minimum absolute atomic E-state index is 0.231. The molecule has 0 radical (unpaired) electrons. The second kappa shape index (κ2) is 6.09. The summed E-state index contributed by atoms with van der Waals surface area (Å²) in [5.74, 6) is -0.231. The monoisotopic (exact) mass is 325 g/mol. The standard InChI is InChI=1S/C17H19N5O2/c23-16-3-6-22(17(24)20-16)15-11-19-10-12-9-13(1-2-14(12)15)21-7-4-18-5-8-21/h1-2,9-11,18H,3-8H2,(H,20,23,24). The summed E-state index contributed by atoms with van der Waals surface area (Å²) >= 11 is 0. The topological polar surface area (TPSA) is 77.6 Å². The van der Waals surface area contributed by atoms with Gasteiger partial charge in [0.05, 0.1) is 11.9 Å². The molecule has 4 rings (SSSR count). The number of carbonyl (C=O) groups is 2. The van der Waals surface area contributed by atoms with Crippen molar-refractivity contribution < 1.29 is 9.59 Å². The number of urea groups is 1. The van der Waals surface area contributed by atoms with Gasteiger partial charge in [-0.25, -0.2) is 4.79 Å². The van der Waals surface area contributed by atoms with Crippen molar-refractivity contribution in [3.05, 3.63) is 30.6 Å². The summed E-state index contributed by atoms with van der Waals surface area (Å²) in [5.41, 5.74) is 1.91. The number of nitrogens with one attached hydrogen (secondary N) is 2. The van der Waals surface area contributed by atoms with Crippen molar-refractivity contribution in [3.63, 3.8) is 0 Å². The van der Waals surface area contributed by atoms with Crippen molar-refractivity contribution in [1.29, 1.82) is 0 Å². The van der Waals surface area contributed by atoms with Gasteiger partial charge in [0.1, 0.15) is 0 Å². The summed E-state index contributed by atoms with van der Waals surface area (Å²) in [5, 5.41) is 7.67.